The molecule has 0 aromatic rings. The van der Waals surface area contributed by atoms with Gasteiger partial charge in [0.15, 0.2) is 0 Å². The second kappa shape index (κ2) is 7.21. The van der Waals surface area contributed by atoms with Crippen LogP contribution in [0, 0.1) is 0 Å². The summed E-state index contributed by atoms with van der Waals surface area (Å²) < 4.78 is 25.3. The molecule has 1 heterocycles. The number of nitrogens with zero attached hydrogens (tertiary/aromatic N) is 2. The molecule has 1 atom stereocenters. The first-order valence-electron chi connectivity index (χ1n) is 6.70. The van der Waals surface area contributed by atoms with E-state index in [9.17, 15) is 13.2 Å². The summed E-state index contributed by atoms with van der Waals surface area (Å²) in [5, 5.41) is 3.33. The molecule has 19 heavy (non-hydrogen) atoms. The molecule has 1 saturated heterocycles. The van der Waals surface area contributed by atoms with Crippen LogP contribution in [0.2, 0.25) is 0 Å². The monoisotopic (exact) mass is 291 g/mol. The van der Waals surface area contributed by atoms with Gasteiger partial charge < -0.3 is 10.2 Å². The topological polar surface area (TPSA) is 69.7 Å². The van der Waals surface area contributed by atoms with Crippen LogP contribution in [0.1, 0.15) is 25.7 Å². The number of sulfonamides is 1. The van der Waals surface area contributed by atoms with Crippen LogP contribution >= 0.6 is 0 Å². The van der Waals surface area contributed by atoms with Crippen LogP contribution in [0.25, 0.3) is 0 Å². The van der Waals surface area contributed by atoms with Gasteiger partial charge in [-0.3, -0.25) is 4.79 Å². The van der Waals surface area contributed by atoms with E-state index in [1.54, 1.807) is 14.1 Å². The van der Waals surface area contributed by atoms with Crippen molar-refractivity contribution in [1.82, 2.24) is 14.5 Å². The lowest BCUT2D eigenvalue weighted by Crippen LogP contribution is -2.41. The minimum Gasteiger partial charge on any atom is -0.348 e. The summed E-state index contributed by atoms with van der Waals surface area (Å²) in [5.41, 5.74) is 0. The van der Waals surface area contributed by atoms with Gasteiger partial charge in [-0.1, -0.05) is 6.42 Å². The van der Waals surface area contributed by atoms with Crippen molar-refractivity contribution in [2.45, 2.75) is 31.7 Å². The first-order chi connectivity index (χ1) is 8.83. The lowest BCUT2D eigenvalue weighted by atomic mass is 10.0. The zero-order chi connectivity index (χ0) is 14.5. The molecule has 0 aliphatic carbocycles. The molecule has 1 unspecified atom stereocenters. The van der Waals surface area contributed by atoms with Gasteiger partial charge >= 0.3 is 0 Å². The minimum absolute atomic E-state index is 0.0899. The van der Waals surface area contributed by atoms with Crippen molar-refractivity contribution in [3.63, 3.8) is 0 Å². The van der Waals surface area contributed by atoms with E-state index in [0.29, 0.717) is 12.5 Å². The summed E-state index contributed by atoms with van der Waals surface area (Å²) in [6, 6.07) is 0.293. The molecule has 112 valence electrons. The Morgan fingerprint density at radius 3 is 2.47 bits per heavy atom. The molecule has 1 amide bonds. The third-order valence-corrected chi connectivity index (χ3v) is 5.30. The molecule has 7 heteroatoms. The van der Waals surface area contributed by atoms with Gasteiger partial charge in [-0.15, -0.1) is 0 Å². The highest BCUT2D eigenvalue weighted by Crippen LogP contribution is 2.12. The molecule has 1 N–H and O–H groups in total. The summed E-state index contributed by atoms with van der Waals surface area (Å²) in [4.78, 5) is 12.9. The average Bonchev–Trinajstić information content (AvgIpc) is 2.37. The molecule has 0 bridgehead atoms. The first-order valence-corrected chi connectivity index (χ1v) is 8.31. The van der Waals surface area contributed by atoms with Gasteiger partial charge in [0.25, 0.3) is 0 Å². The van der Waals surface area contributed by atoms with Crippen molar-refractivity contribution in [2.24, 2.45) is 0 Å². The average molecular weight is 291 g/mol. The molecule has 1 fully saturated rings. The summed E-state index contributed by atoms with van der Waals surface area (Å²) >= 11 is 0. The van der Waals surface area contributed by atoms with Gasteiger partial charge in [0, 0.05) is 27.2 Å². The molecule has 1 aliphatic rings. The summed E-state index contributed by atoms with van der Waals surface area (Å²) in [6.45, 7) is 0.882. The summed E-state index contributed by atoms with van der Waals surface area (Å²) in [5.74, 6) is -0.108. The molecule has 0 spiro atoms. The number of piperidine rings is 1. The van der Waals surface area contributed by atoms with Gasteiger partial charge in [-0.05, 0) is 25.8 Å². The van der Waals surface area contributed by atoms with Crippen LogP contribution in [0.15, 0.2) is 0 Å². The summed E-state index contributed by atoms with van der Waals surface area (Å²) in [7, 11) is 1.36. The van der Waals surface area contributed by atoms with E-state index >= 15 is 0 Å². The lowest BCUT2D eigenvalue weighted by Gasteiger charge is -2.24. The Morgan fingerprint density at radius 2 is 1.95 bits per heavy atom. The maximum absolute atomic E-state index is 12.1. The normalized spacial score (nSPS) is 20.5. The van der Waals surface area contributed by atoms with Gasteiger partial charge in [-0.2, -0.15) is 4.31 Å². The zero-order valence-corrected chi connectivity index (χ0v) is 12.9. The lowest BCUT2D eigenvalue weighted by molar-refractivity contribution is -0.128. The SMILES string of the molecule is CN(C)C(=O)CN(C)S(=O)(=O)CCC1CCCCN1. The molecule has 6 nitrogen and oxygen atoms in total. The Labute approximate surface area is 116 Å². The predicted octanol–water partition coefficient (Wildman–Crippen LogP) is -0.132. The standard InChI is InChI=1S/C12H25N3O3S/c1-14(2)12(16)10-15(3)19(17,18)9-7-11-6-4-5-8-13-11/h11,13H,4-10H2,1-3H3. The van der Waals surface area contributed by atoms with E-state index in [-0.39, 0.29) is 18.2 Å². The second-order valence-corrected chi connectivity index (χ2v) is 7.49. The first kappa shape index (κ1) is 16.4. The van der Waals surface area contributed by atoms with Crippen molar-refractivity contribution in [1.29, 1.82) is 0 Å². The smallest absolute Gasteiger partial charge is 0.237 e. The quantitative estimate of drug-likeness (QED) is 0.740. The van der Waals surface area contributed by atoms with Crippen LogP contribution in [-0.2, 0) is 14.8 Å². The molecule has 1 aliphatic heterocycles. The Morgan fingerprint density at radius 1 is 1.26 bits per heavy atom. The second-order valence-electron chi connectivity index (χ2n) is 5.30. The highest BCUT2D eigenvalue weighted by Gasteiger charge is 2.23. The molecular weight excluding hydrogens is 266 g/mol. The van der Waals surface area contributed by atoms with Crippen molar-refractivity contribution in [3.8, 4) is 0 Å². The number of carbonyl (C=O) groups excluding carboxylic acids is 1. The fraction of sp³-hybridized carbons (Fsp3) is 0.917. The number of nitrogens with one attached hydrogen (secondary N) is 1. The van der Waals surface area contributed by atoms with Crippen LogP contribution < -0.4 is 5.32 Å². The van der Waals surface area contributed by atoms with Gasteiger partial charge in [-0.25, -0.2) is 8.42 Å². The summed E-state index contributed by atoms with van der Waals surface area (Å²) in [6.07, 6.45) is 3.98. The third kappa shape index (κ3) is 5.46. The maximum atomic E-state index is 12.1. The number of amides is 1. The van der Waals surface area contributed by atoms with Crippen molar-refractivity contribution < 1.29 is 13.2 Å². The Balaban J connectivity index is 2.43. The Kier molecular flexibility index (Phi) is 6.22. The van der Waals surface area contributed by atoms with E-state index in [2.05, 4.69) is 5.32 Å². The molecule has 0 aromatic heterocycles. The van der Waals surface area contributed by atoms with Crippen LogP contribution in [0.5, 0.6) is 0 Å². The third-order valence-electron chi connectivity index (χ3n) is 3.47. The van der Waals surface area contributed by atoms with E-state index in [0.717, 1.165) is 23.7 Å². The highest BCUT2D eigenvalue weighted by molar-refractivity contribution is 7.89. The molecule has 1 rings (SSSR count). The van der Waals surface area contributed by atoms with Crippen LogP contribution in [-0.4, -0.2) is 69.6 Å². The zero-order valence-electron chi connectivity index (χ0n) is 12.1. The molecule has 0 radical (unpaired) electrons. The fourth-order valence-electron chi connectivity index (χ4n) is 2.05. The van der Waals surface area contributed by atoms with E-state index in [1.807, 2.05) is 0 Å². The van der Waals surface area contributed by atoms with E-state index in [1.165, 1.54) is 18.4 Å². The number of hydrogen-bond acceptors (Lipinski definition) is 4. The van der Waals surface area contributed by atoms with E-state index < -0.39 is 10.0 Å². The molecule has 0 saturated carbocycles. The van der Waals surface area contributed by atoms with Gasteiger partial charge in [0.2, 0.25) is 15.9 Å². The molecular formula is C12H25N3O3S. The van der Waals surface area contributed by atoms with Crippen LogP contribution in [0.3, 0.4) is 0 Å². The number of carbonyl (C=O) groups is 1. The Hall–Kier alpha value is -0.660. The highest BCUT2D eigenvalue weighted by atomic mass is 32.2. The number of rotatable bonds is 6. The molecule has 0 aromatic carbocycles. The van der Waals surface area contributed by atoms with Crippen LogP contribution in [0.4, 0.5) is 0 Å². The fourth-order valence-corrected chi connectivity index (χ4v) is 3.25. The number of hydrogen-bond donors (Lipinski definition) is 1. The minimum atomic E-state index is -3.34. The van der Waals surface area contributed by atoms with Gasteiger partial charge in [0.05, 0.1) is 12.3 Å². The largest absolute Gasteiger partial charge is 0.348 e. The maximum Gasteiger partial charge on any atom is 0.237 e. The van der Waals surface area contributed by atoms with Crippen molar-refractivity contribution in [2.75, 3.05) is 40.0 Å². The Bertz CT molecular complexity index is 389. The van der Waals surface area contributed by atoms with E-state index in [4.69, 9.17) is 0 Å². The predicted molar refractivity (Wildman–Crippen MR) is 75.4 cm³/mol. The number of likely N-dealkylation sites (N-methyl/N-ethyl adjacent to an activating group) is 2. The van der Waals surface area contributed by atoms with Gasteiger partial charge in [0.1, 0.15) is 0 Å². The van der Waals surface area contributed by atoms with Crippen molar-refractivity contribution in [3.05, 3.63) is 0 Å². The van der Waals surface area contributed by atoms with Crippen molar-refractivity contribution >= 4 is 15.9 Å².